The summed E-state index contributed by atoms with van der Waals surface area (Å²) in [6.45, 7) is -2.47. The third-order valence-corrected chi connectivity index (χ3v) is 5.19. The van der Waals surface area contributed by atoms with Crippen molar-refractivity contribution in [3.63, 3.8) is 0 Å². The summed E-state index contributed by atoms with van der Waals surface area (Å²) in [6.07, 6.45) is 0.718. The van der Waals surface area contributed by atoms with Gasteiger partial charge in [0.15, 0.2) is 0 Å². The Morgan fingerprint density at radius 2 is 2.20 bits per heavy atom. The molecule has 0 atom stereocenters. The van der Waals surface area contributed by atoms with Crippen molar-refractivity contribution in [2.75, 3.05) is 6.54 Å². The van der Waals surface area contributed by atoms with Crippen LogP contribution in [0.2, 0.25) is 0 Å². The molecule has 0 aliphatic rings. The number of nitrogens with one attached hydrogen (secondary N) is 1. The zero-order valence-corrected chi connectivity index (χ0v) is 13.9. The van der Waals surface area contributed by atoms with Crippen molar-refractivity contribution in [1.82, 2.24) is 5.32 Å². The number of carbonyl (C=O) groups is 1. The van der Waals surface area contributed by atoms with Crippen molar-refractivity contribution in [3.05, 3.63) is 36.2 Å². The summed E-state index contributed by atoms with van der Waals surface area (Å²) in [6, 6.07) is 5.39. The lowest BCUT2D eigenvalue weighted by Crippen LogP contribution is -2.25. The van der Waals surface area contributed by atoms with Crippen LogP contribution in [0.3, 0.4) is 0 Å². The molecule has 0 saturated heterocycles. The van der Waals surface area contributed by atoms with E-state index in [0.29, 0.717) is 6.54 Å². The molecule has 0 aromatic carbocycles. The third kappa shape index (κ3) is 4.38. The number of rotatable bonds is 6. The SMILES string of the molecule is O=C(NCCc1ccc(I)s1)c1sccc1OC(F)F. The second-order valence-corrected chi connectivity index (χ2v) is 7.68. The number of amides is 1. The van der Waals surface area contributed by atoms with Crippen LogP contribution in [0.5, 0.6) is 5.75 Å². The minimum absolute atomic E-state index is 0.0758. The number of hydrogen-bond acceptors (Lipinski definition) is 4. The first kappa shape index (κ1) is 15.6. The lowest BCUT2D eigenvalue weighted by atomic mass is 10.3. The Hall–Kier alpha value is -0.740. The van der Waals surface area contributed by atoms with Crippen molar-refractivity contribution in [2.24, 2.45) is 0 Å². The van der Waals surface area contributed by atoms with E-state index in [-0.39, 0.29) is 16.5 Å². The quantitative estimate of drug-likeness (QED) is 0.706. The van der Waals surface area contributed by atoms with Gasteiger partial charge in [0.1, 0.15) is 10.6 Å². The number of halogens is 3. The molecule has 0 aliphatic carbocycles. The molecule has 20 heavy (non-hydrogen) atoms. The molecule has 0 saturated carbocycles. The fourth-order valence-corrected chi connectivity index (χ4v) is 4.01. The smallest absolute Gasteiger partial charge is 0.387 e. The molecule has 0 spiro atoms. The summed E-state index contributed by atoms with van der Waals surface area (Å²) in [4.78, 5) is 13.2. The summed E-state index contributed by atoms with van der Waals surface area (Å²) in [5.41, 5.74) is 0. The van der Waals surface area contributed by atoms with Gasteiger partial charge >= 0.3 is 6.61 Å². The van der Waals surface area contributed by atoms with E-state index in [0.717, 1.165) is 17.8 Å². The highest BCUT2D eigenvalue weighted by molar-refractivity contribution is 14.1. The van der Waals surface area contributed by atoms with Crippen molar-refractivity contribution in [2.45, 2.75) is 13.0 Å². The van der Waals surface area contributed by atoms with Gasteiger partial charge in [-0.25, -0.2) is 0 Å². The van der Waals surface area contributed by atoms with E-state index in [1.54, 1.807) is 16.7 Å². The van der Waals surface area contributed by atoms with Gasteiger partial charge < -0.3 is 10.1 Å². The van der Waals surface area contributed by atoms with E-state index < -0.39 is 6.61 Å². The Kier molecular flexibility index (Phi) is 5.73. The van der Waals surface area contributed by atoms with Crippen LogP contribution in [0.15, 0.2) is 23.6 Å². The molecule has 2 heterocycles. The van der Waals surface area contributed by atoms with E-state index in [2.05, 4.69) is 32.6 Å². The molecule has 2 aromatic rings. The highest BCUT2D eigenvalue weighted by Crippen LogP contribution is 2.26. The molecule has 1 amide bonds. The van der Waals surface area contributed by atoms with E-state index in [1.165, 1.54) is 13.8 Å². The summed E-state index contributed by atoms with van der Waals surface area (Å²) in [7, 11) is 0. The molecule has 8 heteroatoms. The van der Waals surface area contributed by atoms with E-state index in [1.807, 2.05) is 12.1 Å². The topological polar surface area (TPSA) is 38.3 Å². The second-order valence-electron chi connectivity index (χ2n) is 3.70. The molecule has 0 aliphatic heterocycles. The molecular formula is C12H10F2INO2S2. The van der Waals surface area contributed by atoms with Gasteiger partial charge in [-0.2, -0.15) is 8.78 Å². The Bertz CT molecular complexity index is 586. The van der Waals surface area contributed by atoms with Gasteiger partial charge in [0.05, 0.1) is 2.88 Å². The average molecular weight is 429 g/mol. The van der Waals surface area contributed by atoms with Gasteiger partial charge in [-0.15, -0.1) is 22.7 Å². The van der Waals surface area contributed by atoms with E-state index >= 15 is 0 Å². The Morgan fingerprint density at radius 3 is 2.85 bits per heavy atom. The van der Waals surface area contributed by atoms with Gasteiger partial charge in [-0.05, 0) is 52.6 Å². The minimum Gasteiger partial charge on any atom is -0.433 e. The Morgan fingerprint density at radius 1 is 1.40 bits per heavy atom. The standard InChI is InChI=1S/C12H10F2INO2S2/c13-12(14)18-8-4-6-19-10(8)11(17)16-5-3-7-1-2-9(15)20-7/h1-2,4,6,12H,3,5H2,(H,16,17). The van der Waals surface area contributed by atoms with Crippen molar-refractivity contribution < 1.29 is 18.3 Å². The van der Waals surface area contributed by atoms with Crippen LogP contribution in [0.25, 0.3) is 0 Å². The van der Waals surface area contributed by atoms with Crippen LogP contribution in [0.1, 0.15) is 14.5 Å². The van der Waals surface area contributed by atoms with Gasteiger partial charge in [0, 0.05) is 11.4 Å². The molecule has 0 bridgehead atoms. The molecule has 0 unspecified atom stereocenters. The van der Waals surface area contributed by atoms with Gasteiger partial charge in [0.2, 0.25) is 0 Å². The number of ether oxygens (including phenoxy) is 1. The summed E-state index contributed by atoms with van der Waals surface area (Å²) in [5.74, 6) is -0.463. The van der Waals surface area contributed by atoms with E-state index in [9.17, 15) is 13.6 Å². The normalized spacial score (nSPS) is 10.8. The fourth-order valence-electron chi connectivity index (χ4n) is 1.52. The van der Waals surface area contributed by atoms with Crippen LogP contribution >= 0.6 is 45.3 Å². The second kappa shape index (κ2) is 7.32. The molecular weight excluding hydrogens is 419 g/mol. The van der Waals surface area contributed by atoms with Crippen LogP contribution < -0.4 is 10.1 Å². The average Bonchev–Trinajstić information content (AvgIpc) is 2.98. The summed E-state index contributed by atoms with van der Waals surface area (Å²) < 4.78 is 29.8. The molecule has 1 N–H and O–H groups in total. The predicted octanol–water partition coefficient (Wildman–Crippen LogP) is 3.99. The molecule has 3 nitrogen and oxygen atoms in total. The fraction of sp³-hybridized carbons (Fsp3) is 0.250. The van der Waals surface area contributed by atoms with Gasteiger partial charge in [-0.1, -0.05) is 0 Å². The van der Waals surface area contributed by atoms with Crippen LogP contribution in [0.4, 0.5) is 8.78 Å². The van der Waals surface area contributed by atoms with Crippen molar-refractivity contribution >= 4 is 51.2 Å². The maximum absolute atomic E-state index is 12.2. The molecule has 2 aromatic heterocycles. The molecule has 108 valence electrons. The Balaban J connectivity index is 1.87. The van der Waals surface area contributed by atoms with Crippen LogP contribution in [-0.2, 0) is 6.42 Å². The predicted molar refractivity (Wildman–Crippen MR) is 84.0 cm³/mol. The first-order chi connectivity index (χ1) is 9.56. The van der Waals surface area contributed by atoms with Crippen LogP contribution in [0, 0.1) is 2.88 Å². The first-order valence-corrected chi connectivity index (χ1v) is 8.38. The zero-order valence-electron chi connectivity index (χ0n) is 10.1. The van der Waals surface area contributed by atoms with Gasteiger partial charge in [0.25, 0.3) is 5.91 Å². The summed E-state index contributed by atoms with van der Waals surface area (Å²) in [5, 5.41) is 4.26. The lowest BCUT2D eigenvalue weighted by Gasteiger charge is -2.06. The third-order valence-electron chi connectivity index (χ3n) is 2.34. The van der Waals surface area contributed by atoms with Crippen molar-refractivity contribution in [1.29, 1.82) is 0 Å². The zero-order chi connectivity index (χ0) is 14.5. The lowest BCUT2D eigenvalue weighted by molar-refractivity contribution is -0.0498. The molecule has 0 radical (unpaired) electrons. The minimum atomic E-state index is -2.93. The highest BCUT2D eigenvalue weighted by atomic mass is 127. The van der Waals surface area contributed by atoms with Crippen LogP contribution in [-0.4, -0.2) is 19.1 Å². The van der Waals surface area contributed by atoms with Crippen molar-refractivity contribution in [3.8, 4) is 5.75 Å². The number of carbonyl (C=O) groups excluding carboxylic acids is 1. The maximum atomic E-state index is 12.2. The Labute approximate surface area is 136 Å². The number of hydrogen-bond donors (Lipinski definition) is 1. The largest absolute Gasteiger partial charge is 0.433 e. The molecule has 0 fully saturated rings. The first-order valence-electron chi connectivity index (χ1n) is 5.61. The number of alkyl halides is 2. The highest BCUT2D eigenvalue weighted by Gasteiger charge is 2.17. The number of thiophene rings is 2. The van der Waals surface area contributed by atoms with E-state index in [4.69, 9.17) is 0 Å². The monoisotopic (exact) mass is 429 g/mol. The maximum Gasteiger partial charge on any atom is 0.387 e. The summed E-state index contributed by atoms with van der Waals surface area (Å²) >= 11 is 4.98. The molecule has 2 rings (SSSR count). The van der Waals surface area contributed by atoms with Gasteiger partial charge in [-0.3, -0.25) is 4.79 Å².